The van der Waals surface area contributed by atoms with Crippen LogP contribution >= 0.6 is 11.8 Å². The Kier molecular flexibility index (Phi) is 5.36. The van der Waals surface area contributed by atoms with E-state index in [-0.39, 0.29) is 0 Å². The molecule has 0 saturated heterocycles. The Labute approximate surface area is 151 Å². The minimum atomic E-state index is 0.552. The van der Waals surface area contributed by atoms with Crippen LogP contribution in [0.1, 0.15) is 17.0 Å². The molecule has 25 heavy (non-hydrogen) atoms. The number of nitrogens with zero attached hydrogens (tertiary/aromatic N) is 4. The zero-order chi connectivity index (χ0) is 17.6. The lowest BCUT2D eigenvalue weighted by atomic mass is 10.2. The number of aromatic nitrogens is 3. The van der Waals surface area contributed by atoms with E-state index in [1.54, 1.807) is 23.9 Å². The lowest BCUT2D eigenvalue weighted by Crippen LogP contribution is -2.04. The van der Waals surface area contributed by atoms with Gasteiger partial charge < -0.3 is 4.74 Å². The van der Waals surface area contributed by atoms with Gasteiger partial charge in [0, 0.05) is 5.75 Å². The number of rotatable bonds is 6. The highest BCUT2D eigenvalue weighted by Crippen LogP contribution is 2.24. The van der Waals surface area contributed by atoms with Gasteiger partial charge in [-0.2, -0.15) is 5.26 Å². The summed E-state index contributed by atoms with van der Waals surface area (Å²) < 4.78 is 7.79. The van der Waals surface area contributed by atoms with Crippen molar-refractivity contribution in [2.24, 2.45) is 0 Å². The molecule has 2 aromatic carbocycles. The molecule has 3 rings (SSSR count). The topological polar surface area (TPSA) is 63.7 Å². The van der Waals surface area contributed by atoms with Gasteiger partial charge in [-0.1, -0.05) is 30.0 Å². The maximum Gasteiger partial charge on any atom is 0.195 e. The van der Waals surface area contributed by atoms with Crippen LogP contribution in [0.2, 0.25) is 0 Å². The van der Waals surface area contributed by atoms with Crippen molar-refractivity contribution in [3.8, 4) is 17.5 Å². The average molecular weight is 350 g/mol. The first kappa shape index (κ1) is 17.1. The third-order valence-corrected chi connectivity index (χ3v) is 4.61. The Balaban J connectivity index is 1.62. The summed E-state index contributed by atoms with van der Waals surface area (Å²) in [6, 6.07) is 17.4. The second kappa shape index (κ2) is 7.86. The Morgan fingerprint density at radius 1 is 1.08 bits per heavy atom. The molecule has 0 saturated carbocycles. The molecular weight excluding hydrogens is 332 g/mol. The van der Waals surface area contributed by atoms with Crippen LogP contribution in [0.5, 0.6) is 5.75 Å². The second-order valence-electron chi connectivity index (χ2n) is 5.48. The molecule has 1 heterocycles. The zero-order valence-electron chi connectivity index (χ0n) is 14.1. The first-order chi connectivity index (χ1) is 12.2. The normalized spacial score (nSPS) is 10.4. The Bertz CT molecular complexity index is 897. The Hall–Kier alpha value is -2.78. The number of benzene rings is 2. The van der Waals surface area contributed by atoms with E-state index >= 15 is 0 Å². The van der Waals surface area contributed by atoms with E-state index in [2.05, 4.69) is 39.9 Å². The van der Waals surface area contributed by atoms with Gasteiger partial charge in [0.2, 0.25) is 0 Å². The van der Waals surface area contributed by atoms with Gasteiger partial charge in [0.25, 0.3) is 0 Å². The standard InChI is InChI=1S/C19H18N4OS/c1-14-5-3-4-6-18(14)23-15(2)21-22-19(23)25-12-11-24-17-9-7-16(13-20)8-10-17/h3-10H,11-12H2,1-2H3. The summed E-state index contributed by atoms with van der Waals surface area (Å²) in [7, 11) is 0. The SMILES string of the molecule is Cc1ccccc1-n1c(C)nnc1SCCOc1ccc(C#N)cc1. The highest BCUT2D eigenvalue weighted by atomic mass is 32.2. The smallest absolute Gasteiger partial charge is 0.195 e. The third-order valence-electron chi connectivity index (χ3n) is 3.72. The van der Waals surface area contributed by atoms with E-state index in [9.17, 15) is 0 Å². The number of ether oxygens (including phenoxy) is 1. The van der Waals surface area contributed by atoms with Crippen LogP contribution < -0.4 is 4.74 Å². The molecule has 0 aliphatic carbocycles. The summed E-state index contributed by atoms with van der Waals surface area (Å²) in [5, 5.41) is 18.2. The maximum absolute atomic E-state index is 8.80. The summed E-state index contributed by atoms with van der Waals surface area (Å²) in [5.74, 6) is 2.38. The van der Waals surface area contributed by atoms with Crippen LogP contribution in [-0.2, 0) is 0 Å². The van der Waals surface area contributed by atoms with Crippen molar-refractivity contribution >= 4 is 11.8 Å². The van der Waals surface area contributed by atoms with Crippen molar-refractivity contribution in [3.05, 3.63) is 65.5 Å². The molecule has 0 bridgehead atoms. The molecule has 0 fully saturated rings. The van der Waals surface area contributed by atoms with Crippen LogP contribution in [0, 0.1) is 25.2 Å². The van der Waals surface area contributed by atoms with Gasteiger partial charge >= 0.3 is 0 Å². The van der Waals surface area contributed by atoms with Crippen molar-refractivity contribution in [1.82, 2.24) is 14.8 Å². The van der Waals surface area contributed by atoms with Crippen LogP contribution in [0.25, 0.3) is 5.69 Å². The summed E-state index contributed by atoms with van der Waals surface area (Å²) in [6.45, 7) is 4.59. The lowest BCUT2D eigenvalue weighted by Gasteiger charge is -2.11. The van der Waals surface area contributed by atoms with Crippen molar-refractivity contribution in [3.63, 3.8) is 0 Å². The van der Waals surface area contributed by atoms with E-state index in [0.29, 0.717) is 12.2 Å². The quantitative estimate of drug-likeness (QED) is 0.498. The van der Waals surface area contributed by atoms with Gasteiger partial charge in [-0.15, -0.1) is 10.2 Å². The molecular formula is C19H18N4OS. The molecule has 0 radical (unpaired) electrons. The summed E-state index contributed by atoms with van der Waals surface area (Å²) >= 11 is 1.61. The Morgan fingerprint density at radius 3 is 2.56 bits per heavy atom. The first-order valence-electron chi connectivity index (χ1n) is 7.93. The molecule has 0 amide bonds. The molecule has 0 spiro atoms. The van der Waals surface area contributed by atoms with E-state index in [1.807, 2.05) is 31.2 Å². The van der Waals surface area contributed by atoms with Gasteiger partial charge in [0.1, 0.15) is 11.6 Å². The number of nitriles is 1. The minimum Gasteiger partial charge on any atom is -0.493 e. The zero-order valence-corrected chi connectivity index (χ0v) is 15.0. The van der Waals surface area contributed by atoms with E-state index < -0.39 is 0 Å². The number of hydrogen-bond donors (Lipinski definition) is 0. The Morgan fingerprint density at radius 2 is 1.84 bits per heavy atom. The molecule has 1 aromatic heterocycles. The van der Waals surface area contributed by atoms with Crippen molar-refractivity contribution < 1.29 is 4.74 Å². The van der Waals surface area contributed by atoms with Crippen LogP contribution in [0.4, 0.5) is 0 Å². The van der Waals surface area contributed by atoms with Gasteiger partial charge in [0.05, 0.1) is 23.9 Å². The van der Waals surface area contributed by atoms with Gasteiger partial charge in [-0.3, -0.25) is 4.57 Å². The molecule has 0 aliphatic rings. The molecule has 126 valence electrons. The minimum absolute atomic E-state index is 0.552. The highest BCUT2D eigenvalue weighted by Gasteiger charge is 2.12. The predicted molar refractivity (Wildman–Crippen MR) is 98.2 cm³/mol. The third kappa shape index (κ3) is 4.01. The molecule has 6 heteroatoms. The number of para-hydroxylation sites is 1. The van der Waals surface area contributed by atoms with E-state index in [1.165, 1.54) is 5.56 Å². The molecule has 0 aliphatic heterocycles. The fourth-order valence-electron chi connectivity index (χ4n) is 2.45. The summed E-state index contributed by atoms with van der Waals surface area (Å²) in [6.07, 6.45) is 0. The van der Waals surface area contributed by atoms with E-state index in [4.69, 9.17) is 10.00 Å². The van der Waals surface area contributed by atoms with Crippen LogP contribution in [-0.4, -0.2) is 27.1 Å². The van der Waals surface area contributed by atoms with Gasteiger partial charge in [-0.25, -0.2) is 0 Å². The largest absolute Gasteiger partial charge is 0.493 e. The van der Waals surface area contributed by atoms with Gasteiger partial charge in [0.15, 0.2) is 5.16 Å². The summed E-state index contributed by atoms with van der Waals surface area (Å²) in [5.41, 5.74) is 2.91. The number of hydrogen-bond acceptors (Lipinski definition) is 5. The predicted octanol–water partition coefficient (Wildman–Crippen LogP) is 3.93. The number of thioether (sulfide) groups is 1. The van der Waals surface area contributed by atoms with Gasteiger partial charge in [-0.05, 0) is 49.7 Å². The molecule has 5 nitrogen and oxygen atoms in total. The first-order valence-corrected chi connectivity index (χ1v) is 8.91. The van der Waals surface area contributed by atoms with Crippen molar-refractivity contribution in [2.75, 3.05) is 12.4 Å². The lowest BCUT2D eigenvalue weighted by molar-refractivity contribution is 0.344. The maximum atomic E-state index is 8.80. The van der Waals surface area contributed by atoms with Crippen molar-refractivity contribution in [2.45, 2.75) is 19.0 Å². The fraction of sp³-hybridized carbons (Fsp3) is 0.211. The molecule has 0 atom stereocenters. The number of aryl methyl sites for hydroxylation is 2. The summed E-state index contributed by atoms with van der Waals surface area (Å²) in [4.78, 5) is 0. The molecule has 3 aromatic rings. The van der Waals surface area contributed by atoms with Crippen LogP contribution in [0.15, 0.2) is 53.7 Å². The fourth-order valence-corrected chi connectivity index (χ4v) is 3.25. The highest BCUT2D eigenvalue weighted by molar-refractivity contribution is 7.99. The van der Waals surface area contributed by atoms with Crippen LogP contribution in [0.3, 0.4) is 0 Å². The molecule has 0 N–H and O–H groups in total. The monoisotopic (exact) mass is 350 g/mol. The van der Waals surface area contributed by atoms with Crippen molar-refractivity contribution in [1.29, 1.82) is 5.26 Å². The van der Waals surface area contributed by atoms with E-state index in [0.717, 1.165) is 28.2 Å². The average Bonchev–Trinajstić information content (AvgIpc) is 3.00. The second-order valence-corrected chi connectivity index (χ2v) is 6.55. The molecule has 0 unspecified atom stereocenters.